The van der Waals surface area contributed by atoms with Crippen LogP contribution in [0.5, 0.6) is 0 Å². The third kappa shape index (κ3) is 3.72. The summed E-state index contributed by atoms with van der Waals surface area (Å²) in [5, 5.41) is 21.2. The molecule has 0 unspecified atom stereocenters. The van der Waals surface area contributed by atoms with Crippen LogP contribution in [0, 0.1) is 17.2 Å². The number of nitrogens with zero attached hydrogens (tertiary/aromatic N) is 1. The second-order valence-electron chi connectivity index (χ2n) is 5.12. The lowest BCUT2D eigenvalue weighted by molar-refractivity contribution is -0.138. The first-order chi connectivity index (χ1) is 9.19. The summed E-state index contributed by atoms with van der Waals surface area (Å²) in [5.41, 5.74) is 1.54. The van der Waals surface area contributed by atoms with Crippen LogP contribution in [-0.2, 0) is 4.79 Å². The van der Waals surface area contributed by atoms with E-state index in [2.05, 4.69) is 11.4 Å². The van der Waals surface area contributed by atoms with E-state index in [0.717, 1.165) is 31.4 Å². The van der Waals surface area contributed by atoms with Crippen molar-refractivity contribution in [2.45, 2.75) is 38.1 Å². The molecule has 2 N–H and O–H groups in total. The van der Waals surface area contributed by atoms with Crippen molar-refractivity contribution in [2.24, 2.45) is 5.92 Å². The minimum Gasteiger partial charge on any atom is -0.481 e. The second-order valence-corrected chi connectivity index (χ2v) is 5.12. The van der Waals surface area contributed by atoms with Crippen molar-refractivity contribution in [3.05, 3.63) is 29.8 Å². The van der Waals surface area contributed by atoms with Crippen LogP contribution in [0.25, 0.3) is 0 Å². The predicted molar refractivity (Wildman–Crippen MR) is 72.8 cm³/mol. The summed E-state index contributed by atoms with van der Waals surface area (Å²) in [5.74, 6) is -0.395. The molecule has 0 atom stereocenters. The summed E-state index contributed by atoms with van der Waals surface area (Å²) in [4.78, 5) is 10.7. The van der Waals surface area contributed by atoms with E-state index in [9.17, 15) is 4.79 Å². The predicted octanol–water partition coefficient (Wildman–Crippen LogP) is 3.00. The molecule has 4 heteroatoms. The summed E-state index contributed by atoms with van der Waals surface area (Å²) < 4.78 is 0. The molecule has 2 rings (SSSR count). The van der Waals surface area contributed by atoms with Gasteiger partial charge in [0.25, 0.3) is 0 Å². The lowest BCUT2D eigenvalue weighted by atomic mass is 9.84. The van der Waals surface area contributed by atoms with Crippen LogP contribution in [0.4, 0.5) is 5.69 Å². The maximum atomic E-state index is 10.7. The molecule has 0 aromatic heterocycles. The average Bonchev–Trinajstić information content (AvgIpc) is 2.41. The first-order valence-electron chi connectivity index (χ1n) is 6.66. The maximum Gasteiger partial charge on any atom is 0.303 e. The highest BCUT2D eigenvalue weighted by atomic mass is 16.4. The van der Waals surface area contributed by atoms with Crippen molar-refractivity contribution in [3.63, 3.8) is 0 Å². The number of nitrogens with one attached hydrogen (secondary N) is 1. The molecule has 1 aromatic rings. The van der Waals surface area contributed by atoms with E-state index in [4.69, 9.17) is 10.4 Å². The molecule has 0 bridgehead atoms. The highest BCUT2D eigenvalue weighted by Gasteiger charge is 2.23. The second kappa shape index (κ2) is 6.24. The Kier molecular flexibility index (Phi) is 4.40. The van der Waals surface area contributed by atoms with Gasteiger partial charge in [0.1, 0.15) is 6.07 Å². The highest BCUT2D eigenvalue weighted by Crippen LogP contribution is 2.29. The monoisotopic (exact) mass is 258 g/mol. The number of aliphatic carboxylic acids is 1. The topological polar surface area (TPSA) is 73.1 Å². The summed E-state index contributed by atoms with van der Waals surface area (Å²) in [6, 6.07) is 10.0. The molecule has 100 valence electrons. The molecule has 0 spiro atoms. The van der Waals surface area contributed by atoms with E-state index in [1.165, 1.54) is 0 Å². The van der Waals surface area contributed by atoms with Crippen LogP contribution in [0.3, 0.4) is 0 Å². The van der Waals surface area contributed by atoms with Gasteiger partial charge in [-0.2, -0.15) is 5.26 Å². The van der Waals surface area contributed by atoms with Gasteiger partial charge < -0.3 is 10.4 Å². The fourth-order valence-corrected chi connectivity index (χ4v) is 2.68. The van der Waals surface area contributed by atoms with Crippen molar-refractivity contribution in [1.82, 2.24) is 0 Å². The summed E-state index contributed by atoms with van der Waals surface area (Å²) in [6.07, 6.45) is 4.11. The van der Waals surface area contributed by atoms with E-state index >= 15 is 0 Å². The van der Waals surface area contributed by atoms with Gasteiger partial charge in [0.15, 0.2) is 0 Å². The molecule has 0 saturated heterocycles. The molecule has 4 nitrogen and oxygen atoms in total. The van der Waals surface area contributed by atoms with E-state index < -0.39 is 5.97 Å². The Morgan fingerprint density at radius 2 is 2.00 bits per heavy atom. The number of rotatable bonds is 4. The van der Waals surface area contributed by atoms with E-state index in [1.54, 1.807) is 6.07 Å². The van der Waals surface area contributed by atoms with Crippen LogP contribution in [0.2, 0.25) is 0 Å². The standard InChI is InChI=1S/C15H18N2O2/c16-10-12-3-1-2-4-14(12)17-13-7-5-11(6-8-13)9-15(18)19/h1-4,11,13,17H,5-9H2,(H,18,19). The van der Waals surface area contributed by atoms with Gasteiger partial charge in [0.05, 0.1) is 11.3 Å². The molecular formula is C15H18N2O2. The Balaban J connectivity index is 1.89. The number of carbonyl (C=O) groups is 1. The number of benzene rings is 1. The first-order valence-corrected chi connectivity index (χ1v) is 6.66. The summed E-state index contributed by atoms with van der Waals surface area (Å²) >= 11 is 0. The molecule has 1 aliphatic rings. The zero-order chi connectivity index (χ0) is 13.7. The average molecular weight is 258 g/mol. The van der Waals surface area contributed by atoms with Gasteiger partial charge in [-0.15, -0.1) is 0 Å². The molecule has 19 heavy (non-hydrogen) atoms. The molecule has 1 aliphatic carbocycles. The number of hydrogen-bond donors (Lipinski definition) is 2. The molecule has 0 aliphatic heterocycles. The van der Waals surface area contributed by atoms with Gasteiger partial charge in [0.2, 0.25) is 0 Å². The van der Waals surface area contributed by atoms with Gasteiger partial charge in [-0.1, -0.05) is 12.1 Å². The number of carboxylic acid groups (broad SMARTS) is 1. The Bertz CT molecular complexity index is 485. The van der Waals surface area contributed by atoms with Crippen LogP contribution < -0.4 is 5.32 Å². The minimum absolute atomic E-state index is 0.279. The van der Waals surface area contributed by atoms with Crippen LogP contribution in [0.1, 0.15) is 37.7 Å². The van der Waals surface area contributed by atoms with Crippen LogP contribution in [-0.4, -0.2) is 17.1 Å². The minimum atomic E-state index is -0.703. The first kappa shape index (κ1) is 13.4. The van der Waals surface area contributed by atoms with Crippen molar-refractivity contribution >= 4 is 11.7 Å². The largest absolute Gasteiger partial charge is 0.481 e. The number of carboxylic acids is 1. The maximum absolute atomic E-state index is 10.7. The van der Waals surface area contributed by atoms with Crippen molar-refractivity contribution in [3.8, 4) is 6.07 Å². The van der Waals surface area contributed by atoms with E-state index in [0.29, 0.717) is 17.5 Å². The zero-order valence-corrected chi connectivity index (χ0v) is 10.8. The summed E-state index contributed by atoms with van der Waals surface area (Å²) in [7, 11) is 0. The molecule has 1 fully saturated rings. The van der Waals surface area contributed by atoms with E-state index in [-0.39, 0.29) is 6.42 Å². The summed E-state index contributed by atoms with van der Waals surface area (Å²) in [6.45, 7) is 0. The lowest BCUT2D eigenvalue weighted by Gasteiger charge is -2.29. The zero-order valence-electron chi connectivity index (χ0n) is 10.8. The molecule has 1 saturated carbocycles. The Morgan fingerprint density at radius 1 is 1.32 bits per heavy atom. The Hall–Kier alpha value is -2.02. The number of nitriles is 1. The fraction of sp³-hybridized carbons (Fsp3) is 0.467. The van der Waals surface area contributed by atoms with Crippen molar-refractivity contribution in [2.75, 3.05) is 5.32 Å². The molecule has 0 radical (unpaired) electrons. The normalized spacial score (nSPS) is 22.5. The number of hydrogen-bond acceptors (Lipinski definition) is 3. The molecule has 0 heterocycles. The third-order valence-electron chi connectivity index (χ3n) is 3.72. The smallest absolute Gasteiger partial charge is 0.303 e. The Morgan fingerprint density at radius 3 is 2.63 bits per heavy atom. The van der Waals surface area contributed by atoms with Gasteiger partial charge >= 0.3 is 5.97 Å². The van der Waals surface area contributed by atoms with E-state index in [1.807, 2.05) is 18.2 Å². The van der Waals surface area contributed by atoms with Crippen molar-refractivity contribution < 1.29 is 9.90 Å². The third-order valence-corrected chi connectivity index (χ3v) is 3.72. The fourth-order valence-electron chi connectivity index (χ4n) is 2.68. The Labute approximate surface area is 113 Å². The molecular weight excluding hydrogens is 240 g/mol. The number of anilines is 1. The molecule has 1 aromatic carbocycles. The highest BCUT2D eigenvalue weighted by molar-refractivity contribution is 5.67. The van der Waals surface area contributed by atoms with Crippen LogP contribution in [0.15, 0.2) is 24.3 Å². The molecule has 0 amide bonds. The SMILES string of the molecule is N#Cc1ccccc1NC1CCC(CC(=O)O)CC1. The van der Waals surface area contributed by atoms with Crippen LogP contribution >= 0.6 is 0 Å². The van der Waals surface area contributed by atoms with Gasteiger partial charge in [-0.3, -0.25) is 4.79 Å². The quantitative estimate of drug-likeness (QED) is 0.870. The number of para-hydroxylation sites is 1. The van der Waals surface area contributed by atoms with Crippen molar-refractivity contribution in [1.29, 1.82) is 5.26 Å². The lowest BCUT2D eigenvalue weighted by Crippen LogP contribution is -2.27. The van der Waals surface area contributed by atoms with Gasteiger partial charge in [-0.25, -0.2) is 0 Å². The van der Waals surface area contributed by atoms with Gasteiger partial charge in [-0.05, 0) is 43.7 Å². The van der Waals surface area contributed by atoms with Gasteiger partial charge in [0, 0.05) is 12.5 Å².